The topological polar surface area (TPSA) is 61.6 Å². The van der Waals surface area contributed by atoms with E-state index in [1.807, 2.05) is 24.3 Å². The average molecular weight is 403 g/mol. The molecule has 1 aliphatic carbocycles. The van der Waals surface area contributed by atoms with E-state index in [-0.39, 0.29) is 18.1 Å². The van der Waals surface area contributed by atoms with E-state index in [0.717, 1.165) is 28.6 Å². The molecular weight excluding hydrogens is 381 g/mol. The summed E-state index contributed by atoms with van der Waals surface area (Å²) in [5.74, 6) is 1.18. The van der Waals surface area contributed by atoms with Crippen molar-refractivity contribution in [1.29, 1.82) is 0 Å². The van der Waals surface area contributed by atoms with Crippen LogP contribution in [0.5, 0.6) is 5.75 Å². The Bertz CT molecular complexity index is 480. The molecule has 2 N–H and O–H groups in total. The standard InChI is InChI=1S/C16H22INO3/c1-2-3-4-8-13(11-10-15(11)21-16(18)19)20-14-9-6-5-7-12(14)17/h5-7,9,11,13,15H,2-4,8,10H2,1H3,(H2,18,19)/t11-,13-,15-/m0/s1. The average Bonchev–Trinajstić information content (AvgIpc) is 3.18. The smallest absolute Gasteiger partial charge is 0.404 e. The first-order chi connectivity index (χ1) is 10.1. The zero-order chi connectivity index (χ0) is 15.2. The third-order valence-corrected chi connectivity index (χ3v) is 4.62. The molecule has 0 radical (unpaired) electrons. The molecule has 5 heteroatoms. The molecule has 0 aromatic heterocycles. The van der Waals surface area contributed by atoms with Crippen molar-refractivity contribution in [3.8, 4) is 5.75 Å². The maximum atomic E-state index is 10.8. The number of carbonyl (C=O) groups is 1. The van der Waals surface area contributed by atoms with Crippen LogP contribution in [-0.4, -0.2) is 18.3 Å². The Morgan fingerprint density at radius 1 is 1.43 bits per heavy atom. The largest absolute Gasteiger partial charge is 0.489 e. The summed E-state index contributed by atoms with van der Waals surface area (Å²) in [6.45, 7) is 2.19. The Kier molecular flexibility index (Phi) is 6.14. The monoisotopic (exact) mass is 403 g/mol. The summed E-state index contributed by atoms with van der Waals surface area (Å²) in [4.78, 5) is 10.8. The van der Waals surface area contributed by atoms with Gasteiger partial charge in [-0.1, -0.05) is 31.9 Å². The molecule has 21 heavy (non-hydrogen) atoms. The van der Waals surface area contributed by atoms with Crippen molar-refractivity contribution in [3.05, 3.63) is 27.8 Å². The van der Waals surface area contributed by atoms with Gasteiger partial charge in [-0.15, -0.1) is 0 Å². The Labute approximate surface area is 139 Å². The second-order valence-electron chi connectivity index (χ2n) is 5.46. The van der Waals surface area contributed by atoms with Crippen molar-refractivity contribution in [2.75, 3.05) is 0 Å². The quantitative estimate of drug-likeness (QED) is 0.525. The Balaban J connectivity index is 1.96. The Hall–Kier alpha value is -0.980. The molecule has 0 unspecified atom stereocenters. The molecule has 4 nitrogen and oxygen atoms in total. The third kappa shape index (κ3) is 5.05. The van der Waals surface area contributed by atoms with E-state index >= 15 is 0 Å². The van der Waals surface area contributed by atoms with Crippen LogP contribution in [0, 0.1) is 9.49 Å². The molecule has 1 aromatic carbocycles. The first kappa shape index (κ1) is 16.4. The van der Waals surface area contributed by atoms with Crippen LogP contribution in [0.4, 0.5) is 4.79 Å². The molecule has 1 amide bonds. The number of ether oxygens (including phenoxy) is 2. The summed E-state index contributed by atoms with van der Waals surface area (Å²) in [7, 11) is 0. The minimum Gasteiger partial charge on any atom is -0.489 e. The van der Waals surface area contributed by atoms with Gasteiger partial charge in [-0.05, 0) is 54.0 Å². The predicted molar refractivity (Wildman–Crippen MR) is 90.3 cm³/mol. The molecule has 2 rings (SSSR count). The lowest BCUT2D eigenvalue weighted by Gasteiger charge is -2.20. The van der Waals surface area contributed by atoms with E-state index in [9.17, 15) is 4.79 Å². The molecule has 1 fully saturated rings. The summed E-state index contributed by atoms with van der Waals surface area (Å²) in [5.41, 5.74) is 5.09. The lowest BCUT2D eigenvalue weighted by atomic mass is 10.1. The van der Waals surface area contributed by atoms with Crippen molar-refractivity contribution in [1.82, 2.24) is 0 Å². The summed E-state index contributed by atoms with van der Waals surface area (Å²) >= 11 is 2.28. The second-order valence-corrected chi connectivity index (χ2v) is 6.62. The number of unbranched alkanes of at least 4 members (excludes halogenated alkanes) is 2. The Morgan fingerprint density at radius 3 is 2.86 bits per heavy atom. The first-order valence-corrected chi connectivity index (χ1v) is 8.57. The highest BCUT2D eigenvalue weighted by molar-refractivity contribution is 14.1. The third-order valence-electron chi connectivity index (χ3n) is 3.73. The van der Waals surface area contributed by atoms with Crippen LogP contribution in [0.2, 0.25) is 0 Å². The molecule has 0 spiro atoms. The van der Waals surface area contributed by atoms with Crippen LogP contribution in [0.3, 0.4) is 0 Å². The fourth-order valence-electron chi connectivity index (χ4n) is 2.52. The number of benzene rings is 1. The van der Waals surface area contributed by atoms with Crippen molar-refractivity contribution in [2.24, 2.45) is 11.7 Å². The molecule has 1 aliphatic rings. The van der Waals surface area contributed by atoms with Crippen LogP contribution >= 0.6 is 22.6 Å². The van der Waals surface area contributed by atoms with Crippen molar-refractivity contribution in [2.45, 2.75) is 51.2 Å². The highest BCUT2D eigenvalue weighted by Crippen LogP contribution is 2.41. The lowest BCUT2D eigenvalue weighted by Crippen LogP contribution is -2.24. The van der Waals surface area contributed by atoms with Gasteiger partial charge in [0.15, 0.2) is 0 Å². The molecule has 3 atom stereocenters. The number of carbonyl (C=O) groups excluding carboxylic acids is 1. The summed E-state index contributed by atoms with van der Waals surface area (Å²) in [6, 6.07) is 7.99. The normalized spacial score (nSPS) is 21.6. The summed E-state index contributed by atoms with van der Waals surface area (Å²) in [6.07, 6.45) is 4.67. The maximum Gasteiger partial charge on any atom is 0.404 e. The van der Waals surface area contributed by atoms with Crippen molar-refractivity contribution in [3.63, 3.8) is 0 Å². The second kappa shape index (κ2) is 7.87. The van der Waals surface area contributed by atoms with Crippen LogP contribution in [0.15, 0.2) is 24.3 Å². The number of halogens is 1. The number of rotatable bonds is 8. The van der Waals surface area contributed by atoms with Gasteiger partial charge in [0.1, 0.15) is 18.0 Å². The van der Waals surface area contributed by atoms with Gasteiger partial charge in [0.2, 0.25) is 0 Å². The van der Waals surface area contributed by atoms with Crippen molar-refractivity contribution >= 4 is 28.7 Å². The van der Waals surface area contributed by atoms with E-state index in [1.54, 1.807) is 0 Å². The van der Waals surface area contributed by atoms with Gasteiger partial charge in [-0.2, -0.15) is 0 Å². The van der Waals surface area contributed by atoms with Crippen LogP contribution in [0.1, 0.15) is 39.0 Å². The molecule has 0 aliphatic heterocycles. The predicted octanol–water partition coefficient (Wildman–Crippen LogP) is 4.10. The molecule has 116 valence electrons. The SMILES string of the molecule is CCCCC[C@H](Oc1ccccc1I)[C@@H]1C[C@@H]1OC(N)=O. The van der Waals surface area contributed by atoms with Crippen molar-refractivity contribution < 1.29 is 14.3 Å². The van der Waals surface area contributed by atoms with Crippen LogP contribution < -0.4 is 10.5 Å². The number of nitrogens with two attached hydrogens (primary N) is 1. The fraction of sp³-hybridized carbons (Fsp3) is 0.562. The molecule has 0 heterocycles. The van der Waals surface area contributed by atoms with Gasteiger partial charge >= 0.3 is 6.09 Å². The molecule has 0 bridgehead atoms. The van der Waals surface area contributed by atoms with E-state index in [2.05, 4.69) is 29.5 Å². The molecule has 1 saturated carbocycles. The minimum atomic E-state index is -0.691. The number of para-hydroxylation sites is 1. The highest BCUT2D eigenvalue weighted by atomic mass is 127. The number of amides is 1. The summed E-state index contributed by atoms with van der Waals surface area (Å²) in [5, 5.41) is 0. The Morgan fingerprint density at radius 2 is 2.19 bits per heavy atom. The molecule has 0 saturated heterocycles. The van der Waals surface area contributed by atoms with E-state index < -0.39 is 6.09 Å². The number of hydrogen-bond donors (Lipinski definition) is 1. The molecular formula is C16H22INO3. The van der Waals surface area contributed by atoms with Gasteiger partial charge in [0.25, 0.3) is 0 Å². The fourth-order valence-corrected chi connectivity index (χ4v) is 3.04. The summed E-state index contributed by atoms with van der Waals surface area (Å²) < 4.78 is 12.4. The van der Waals surface area contributed by atoms with Gasteiger partial charge in [0.05, 0.1) is 3.57 Å². The number of primary amides is 1. The van der Waals surface area contributed by atoms with Crippen LogP contribution in [0.25, 0.3) is 0 Å². The zero-order valence-electron chi connectivity index (χ0n) is 12.3. The maximum absolute atomic E-state index is 10.8. The first-order valence-electron chi connectivity index (χ1n) is 7.49. The van der Waals surface area contributed by atoms with E-state index in [0.29, 0.717) is 0 Å². The number of hydrogen-bond acceptors (Lipinski definition) is 3. The zero-order valence-corrected chi connectivity index (χ0v) is 14.4. The van der Waals surface area contributed by atoms with E-state index in [1.165, 1.54) is 12.8 Å². The van der Waals surface area contributed by atoms with Gasteiger partial charge < -0.3 is 15.2 Å². The molecule has 1 aromatic rings. The minimum absolute atomic E-state index is 0.0736. The van der Waals surface area contributed by atoms with Gasteiger partial charge in [0, 0.05) is 5.92 Å². The van der Waals surface area contributed by atoms with E-state index in [4.69, 9.17) is 15.2 Å². The van der Waals surface area contributed by atoms with Gasteiger partial charge in [-0.3, -0.25) is 0 Å². The van der Waals surface area contributed by atoms with Crippen LogP contribution in [-0.2, 0) is 4.74 Å². The lowest BCUT2D eigenvalue weighted by molar-refractivity contribution is 0.110. The van der Waals surface area contributed by atoms with Gasteiger partial charge in [-0.25, -0.2) is 4.79 Å². The highest BCUT2D eigenvalue weighted by Gasteiger charge is 2.47.